The molecule has 0 spiro atoms. The molecular weight excluding hydrogens is 332 g/mol. The molecule has 2 N–H and O–H groups in total. The van der Waals surface area contributed by atoms with Gasteiger partial charge in [0.1, 0.15) is 5.82 Å². The number of hydrogen-bond donors (Lipinski definition) is 2. The van der Waals surface area contributed by atoms with Crippen molar-refractivity contribution >= 4 is 11.7 Å². The first-order chi connectivity index (χ1) is 12.6. The van der Waals surface area contributed by atoms with Gasteiger partial charge in [0.15, 0.2) is 11.5 Å². The van der Waals surface area contributed by atoms with Crippen molar-refractivity contribution in [3.05, 3.63) is 47.7 Å². The van der Waals surface area contributed by atoms with Crippen LogP contribution in [0.25, 0.3) is 0 Å². The van der Waals surface area contributed by atoms with Gasteiger partial charge in [-0.05, 0) is 56.9 Å². The number of pyridine rings is 1. The van der Waals surface area contributed by atoms with Gasteiger partial charge in [0.05, 0.1) is 0 Å². The number of nitrogens with zero attached hydrogens (tertiary/aromatic N) is 2. The van der Waals surface area contributed by atoms with Crippen molar-refractivity contribution in [2.45, 2.75) is 13.0 Å². The highest BCUT2D eigenvalue weighted by molar-refractivity contribution is 5.94. The lowest BCUT2D eigenvalue weighted by atomic mass is 10.2. The zero-order chi connectivity index (χ0) is 18.4. The monoisotopic (exact) mass is 356 g/mol. The highest BCUT2D eigenvalue weighted by Crippen LogP contribution is 2.32. The molecule has 2 aromatic rings. The Morgan fingerprint density at radius 3 is 2.88 bits per heavy atom. The normalized spacial score (nSPS) is 12.3. The summed E-state index contributed by atoms with van der Waals surface area (Å²) in [7, 11) is 4.03. The molecular formula is C19H24N4O3. The Hall–Kier alpha value is -2.80. The Balaban J connectivity index is 1.53. The van der Waals surface area contributed by atoms with Crippen LogP contribution >= 0.6 is 0 Å². The van der Waals surface area contributed by atoms with Crippen LogP contribution in [0.15, 0.2) is 36.5 Å². The van der Waals surface area contributed by atoms with E-state index in [4.69, 9.17) is 9.47 Å². The van der Waals surface area contributed by atoms with Crippen LogP contribution in [0.1, 0.15) is 22.3 Å². The highest BCUT2D eigenvalue weighted by atomic mass is 16.7. The van der Waals surface area contributed by atoms with E-state index in [1.165, 1.54) is 0 Å². The topological polar surface area (TPSA) is 75.7 Å². The Kier molecular flexibility index (Phi) is 5.91. The van der Waals surface area contributed by atoms with E-state index in [1.54, 1.807) is 18.3 Å². The number of fused-ring (bicyclic) bond motifs is 1. The molecule has 0 fully saturated rings. The molecule has 7 heteroatoms. The summed E-state index contributed by atoms with van der Waals surface area (Å²) in [5, 5.41) is 6.17. The molecule has 1 aliphatic rings. The number of hydrogen-bond acceptors (Lipinski definition) is 6. The van der Waals surface area contributed by atoms with Gasteiger partial charge in [0.2, 0.25) is 6.79 Å². The molecule has 0 radical (unpaired) electrons. The molecule has 7 nitrogen and oxygen atoms in total. The molecule has 1 aliphatic heterocycles. The summed E-state index contributed by atoms with van der Waals surface area (Å²) >= 11 is 0. The Morgan fingerprint density at radius 1 is 1.19 bits per heavy atom. The van der Waals surface area contributed by atoms with Crippen molar-refractivity contribution in [2.24, 2.45) is 0 Å². The molecule has 2 heterocycles. The molecule has 1 amide bonds. The van der Waals surface area contributed by atoms with Gasteiger partial charge in [0.25, 0.3) is 5.91 Å². The Labute approximate surface area is 153 Å². The number of aromatic nitrogens is 1. The molecule has 0 bridgehead atoms. The number of amides is 1. The van der Waals surface area contributed by atoms with Crippen LogP contribution in [0.5, 0.6) is 11.5 Å². The zero-order valence-corrected chi connectivity index (χ0v) is 15.1. The van der Waals surface area contributed by atoms with Gasteiger partial charge in [-0.15, -0.1) is 0 Å². The predicted octanol–water partition coefficient (Wildman–Crippen LogP) is 2.10. The summed E-state index contributed by atoms with van der Waals surface area (Å²) in [5.41, 5.74) is 1.65. The van der Waals surface area contributed by atoms with Crippen LogP contribution in [-0.2, 0) is 6.54 Å². The van der Waals surface area contributed by atoms with E-state index in [0.717, 1.165) is 30.0 Å². The van der Waals surface area contributed by atoms with E-state index in [0.29, 0.717) is 24.5 Å². The van der Waals surface area contributed by atoms with E-state index < -0.39 is 0 Å². The first-order valence-electron chi connectivity index (χ1n) is 8.63. The summed E-state index contributed by atoms with van der Waals surface area (Å²) in [4.78, 5) is 18.6. The molecule has 0 saturated carbocycles. The fourth-order valence-corrected chi connectivity index (χ4v) is 2.61. The summed E-state index contributed by atoms with van der Waals surface area (Å²) in [6.45, 7) is 2.44. The van der Waals surface area contributed by atoms with E-state index in [9.17, 15) is 4.79 Å². The molecule has 0 unspecified atom stereocenters. The molecule has 1 aromatic carbocycles. The third kappa shape index (κ3) is 4.86. The van der Waals surface area contributed by atoms with Crippen molar-refractivity contribution in [3.63, 3.8) is 0 Å². The van der Waals surface area contributed by atoms with Crippen LogP contribution in [0.3, 0.4) is 0 Å². The van der Waals surface area contributed by atoms with Crippen molar-refractivity contribution < 1.29 is 14.3 Å². The second-order valence-corrected chi connectivity index (χ2v) is 6.38. The maximum atomic E-state index is 12.2. The fourth-order valence-electron chi connectivity index (χ4n) is 2.61. The van der Waals surface area contributed by atoms with Gasteiger partial charge in [-0.2, -0.15) is 0 Å². The minimum atomic E-state index is -0.0858. The summed E-state index contributed by atoms with van der Waals surface area (Å²) in [5.74, 6) is 2.09. The quantitative estimate of drug-likeness (QED) is 0.706. The van der Waals surface area contributed by atoms with E-state index in [1.807, 2.05) is 32.3 Å². The summed E-state index contributed by atoms with van der Waals surface area (Å²) in [6.07, 6.45) is 2.55. The highest BCUT2D eigenvalue weighted by Gasteiger charge is 2.13. The molecule has 0 saturated heterocycles. The molecule has 0 atom stereocenters. The first kappa shape index (κ1) is 18.0. The SMILES string of the molecule is CN(C)CCCNC(=O)c1ccnc(NCc2ccc3c(c2)OCO3)c1. The summed E-state index contributed by atoms with van der Waals surface area (Å²) in [6, 6.07) is 9.28. The average molecular weight is 356 g/mol. The summed E-state index contributed by atoms with van der Waals surface area (Å²) < 4.78 is 10.7. The van der Waals surface area contributed by atoms with Crippen LogP contribution in [-0.4, -0.2) is 49.8 Å². The largest absolute Gasteiger partial charge is 0.454 e. The number of carbonyl (C=O) groups excluding carboxylic acids is 1. The standard InChI is InChI=1S/C19H24N4O3/c1-23(2)9-3-7-21-19(24)15-6-8-20-18(11-15)22-12-14-4-5-16-17(10-14)26-13-25-16/h4-6,8,10-11H,3,7,9,12-13H2,1-2H3,(H,20,22)(H,21,24). The van der Waals surface area contributed by atoms with Gasteiger partial charge in [0, 0.05) is 24.8 Å². The van der Waals surface area contributed by atoms with Gasteiger partial charge in [-0.3, -0.25) is 4.79 Å². The number of nitrogens with one attached hydrogen (secondary N) is 2. The second kappa shape index (κ2) is 8.53. The van der Waals surface area contributed by atoms with Crippen LogP contribution in [0.4, 0.5) is 5.82 Å². The Morgan fingerprint density at radius 2 is 2.04 bits per heavy atom. The fraction of sp³-hybridized carbons (Fsp3) is 0.368. The molecule has 26 heavy (non-hydrogen) atoms. The van der Waals surface area contributed by atoms with Crippen molar-refractivity contribution in [1.82, 2.24) is 15.2 Å². The van der Waals surface area contributed by atoms with Gasteiger partial charge in [-0.1, -0.05) is 6.07 Å². The number of ether oxygens (including phenoxy) is 2. The second-order valence-electron chi connectivity index (χ2n) is 6.38. The van der Waals surface area contributed by atoms with Crippen molar-refractivity contribution in [1.29, 1.82) is 0 Å². The van der Waals surface area contributed by atoms with E-state index in [2.05, 4.69) is 20.5 Å². The molecule has 1 aromatic heterocycles. The van der Waals surface area contributed by atoms with Gasteiger partial charge < -0.3 is 25.0 Å². The lowest BCUT2D eigenvalue weighted by molar-refractivity contribution is 0.0952. The number of benzene rings is 1. The van der Waals surface area contributed by atoms with Crippen molar-refractivity contribution in [2.75, 3.05) is 39.3 Å². The van der Waals surface area contributed by atoms with Crippen LogP contribution < -0.4 is 20.1 Å². The van der Waals surface area contributed by atoms with E-state index >= 15 is 0 Å². The first-order valence-corrected chi connectivity index (χ1v) is 8.63. The van der Waals surface area contributed by atoms with Crippen LogP contribution in [0, 0.1) is 0 Å². The maximum absolute atomic E-state index is 12.2. The third-order valence-corrected chi connectivity index (χ3v) is 4.00. The van der Waals surface area contributed by atoms with Gasteiger partial charge >= 0.3 is 0 Å². The van der Waals surface area contributed by atoms with E-state index in [-0.39, 0.29) is 12.7 Å². The number of rotatable bonds is 8. The molecule has 3 rings (SSSR count). The minimum absolute atomic E-state index is 0.0858. The predicted molar refractivity (Wildman–Crippen MR) is 99.6 cm³/mol. The zero-order valence-electron chi connectivity index (χ0n) is 15.1. The Bertz CT molecular complexity index is 764. The van der Waals surface area contributed by atoms with Crippen LogP contribution in [0.2, 0.25) is 0 Å². The van der Waals surface area contributed by atoms with Gasteiger partial charge in [-0.25, -0.2) is 4.98 Å². The molecule has 0 aliphatic carbocycles. The average Bonchev–Trinajstić information content (AvgIpc) is 3.11. The lowest BCUT2D eigenvalue weighted by Crippen LogP contribution is -2.27. The maximum Gasteiger partial charge on any atom is 0.251 e. The third-order valence-electron chi connectivity index (χ3n) is 4.00. The number of anilines is 1. The smallest absolute Gasteiger partial charge is 0.251 e. The minimum Gasteiger partial charge on any atom is -0.454 e. The van der Waals surface area contributed by atoms with Crippen molar-refractivity contribution in [3.8, 4) is 11.5 Å². The lowest BCUT2D eigenvalue weighted by Gasteiger charge is -2.11. The number of carbonyl (C=O) groups is 1. The molecule has 138 valence electrons.